The third kappa shape index (κ3) is 8.54. The second-order valence-corrected chi connectivity index (χ2v) is 10.1. The molecule has 0 aromatic heterocycles. The molecule has 0 aliphatic heterocycles. The number of nitrogens with zero attached hydrogens (tertiary/aromatic N) is 1. The lowest BCUT2D eigenvalue weighted by molar-refractivity contribution is -0.136. The van der Waals surface area contributed by atoms with E-state index in [0.717, 1.165) is 22.3 Å². The Kier molecular flexibility index (Phi) is 10.4. The number of ether oxygens (including phenoxy) is 2. The van der Waals surface area contributed by atoms with E-state index in [9.17, 15) is 14.4 Å². The molecule has 0 saturated carbocycles. The van der Waals surface area contributed by atoms with Crippen LogP contribution < -0.4 is 25.5 Å². The van der Waals surface area contributed by atoms with Gasteiger partial charge in [0.1, 0.15) is 0 Å². The molecule has 0 aliphatic rings. The Hall–Kier alpha value is -3.93. The van der Waals surface area contributed by atoms with Crippen molar-refractivity contribution in [3.05, 3.63) is 79.9 Å². The third-order valence-corrected chi connectivity index (χ3v) is 6.29. The smallest absolute Gasteiger partial charge is 0.329 e. The van der Waals surface area contributed by atoms with Crippen LogP contribution in [0.2, 0.25) is 0 Å². The van der Waals surface area contributed by atoms with Gasteiger partial charge < -0.3 is 20.1 Å². The fraction of sp³-hybridized carbons (Fsp3) is 0.241. The van der Waals surface area contributed by atoms with E-state index in [2.05, 4.69) is 43.8 Å². The normalized spacial score (nSPS) is 10.7. The van der Waals surface area contributed by atoms with E-state index < -0.39 is 11.8 Å². The van der Waals surface area contributed by atoms with Gasteiger partial charge in [-0.2, -0.15) is 5.10 Å². The highest BCUT2D eigenvalue weighted by Gasteiger charge is 2.16. The SMILES string of the molecule is CCOc1cc(/C=N\NC(=O)C(=O)Nc2c(C)cccc2C)cc(I)c1OCC(=O)Nc1cc(C)cc(C)c1. The molecular formula is C29H31IN4O5. The Morgan fingerprint density at radius 1 is 0.897 bits per heavy atom. The number of benzene rings is 3. The molecule has 204 valence electrons. The maximum absolute atomic E-state index is 12.5. The fourth-order valence-electron chi connectivity index (χ4n) is 3.85. The molecule has 10 heteroatoms. The van der Waals surface area contributed by atoms with Gasteiger partial charge in [0.15, 0.2) is 18.1 Å². The molecule has 0 fully saturated rings. The number of aryl methyl sites for hydroxylation is 4. The second kappa shape index (κ2) is 13.7. The molecule has 39 heavy (non-hydrogen) atoms. The lowest BCUT2D eigenvalue weighted by Gasteiger charge is -2.15. The Bertz CT molecular complexity index is 1380. The number of halogens is 1. The fourth-order valence-corrected chi connectivity index (χ4v) is 4.63. The maximum atomic E-state index is 12.5. The molecule has 3 amide bonds. The zero-order chi connectivity index (χ0) is 28.5. The lowest BCUT2D eigenvalue weighted by Crippen LogP contribution is -2.32. The molecule has 0 spiro atoms. The highest BCUT2D eigenvalue weighted by Crippen LogP contribution is 2.34. The van der Waals surface area contributed by atoms with Gasteiger partial charge >= 0.3 is 11.8 Å². The molecule has 9 nitrogen and oxygen atoms in total. The Balaban J connectivity index is 1.64. The summed E-state index contributed by atoms with van der Waals surface area (Å²) < 4.78 is 12.2. The van der Waals surface area contributed by atoms with Gasteiger partial charge in [-0.15, -0.1) is 0 Å². The first-order valence-corrected chi connectivity index (χ1v) is 13.3. The van der Waals surface area contributed by atoms with Crippen molar-refractivity contribution >= 4 is 57.9 Å². The summed E-state index contributed by atoms with van der Waals surface area (Å²) in [7, 11) is 0. The first-order chi connectivity index (χ1) is 18.6. The van der Waals surface area contributed by atoms with Crippen molar-refractivity contribution in [1.82, 2.24) is 5.43 Å². The third-order valence-electron chi connectivity index (χ3n) is 5.49. The summed E-state index contributed by atoms with van der Waals surface area (Å²) in [6.45, 7) is 9.63. The molecule has 0 heterocycles. The van der Waals surface area contributed by atoms with Gasteiger partial charge in [-0.3, -0.25) is 14.4 Å². The van der Waals surface area contributed by atoms with Crippen LogP contribution in [0, 0.1) is 31.3 Å². The van der Waals surface area contributed by atoms with Crippen molar-refractivity contribution in [1.29, 1.82) is 0 Å². The van der Waals surface area contributed by atoms with Crippen molar-refractivity contribution in [2.45, 2.75) is 34.6 Å². The number of carbonyl (C=O) groups is 3. The summed E-state index contributed by atoms with van der Waals surface area (Å²) in [5.41, 5.74) is 7.94. The van der Waals surface area contributed by atoms with Crippen LogP contribution in [0.1, 0.15) is 34.7 Å². The first-order valence-electron chi connectivity index (χ1n) is 12.2. The number of carbonyl (C=O) groups excluding carboxylic acids is 3. The largest absolute Gasteiger partial charge is 0.490 e. The summed E-state index contributed by atoms with van der Waals surface area (Å²) in [5, 5.41) is 9.37. The van der Waals surface area contributed by atoms with E-state index in [-0.39, 0.29) is 12.5 Å². The number of hydrogen-bond acceptors (Lipinski definition) is 6. The standard InChI is InChI=1S/C29H31IN4O5/c1-6-38-24-14-21(15-31-34-29(37)28(36)33-26-19(4)8-7-9-20(26)5)13-23(30)27(24)39-16-25(35)32-22-11-17(2)10-18(3)12-22/h7-15H,6,16H2,1-5H3,(H,32,35)(H,33,36)(H,34,37)/b31-15-. The Morgan fingerprint density at radius 2 is 1.56 bits per heavy atom. The number of nitrogens with one attached hydrogen (secondary N) is 3. The molecule has 0 atom stereocenters. The zero-order valence-corrected chi connectivity index (χ0v) is 24.6. The van der Waals surface area contributed by atoms with E-state index in [0.29, 0.717) is 38.6 Å². The van der Waals surface area contributed by atoms with Crippen LogP contribution in [0.25, 0.3) is 0 Å². The van der Waals surface area contributed by atoms with E-state index in [1.165, 1.54) is 6.21 Å². The minimum absolute atomic E-state index is 0.206. The van der Waals surface area contributed by atoms with Gasteiger partial charge in [0.2, 0.25) is 0 Å². The van der Waals surface area contributed by atoms with Gasteiger partial charge in [0, 0.05) is 11.4 Å². The molecule has 0 bridgehead atoms. The van der Waals surface area contributed by atoms with Crippen LogP contribution in [0.5, 0.6) is 11.5 Å². The molecule has 0 saturated heterocycles. The predicted molar refractivity (Wildman–Crippen MR) is 161 cm³/mol. The Morgan fingerprint density at radius 3 is 2.21 bits per heavy atom. The molecule has 3 rings (SSSR count). The van der Waals surface area contributed by atoms with Crippen molar-refractivity contribution in [2.24, 2.45) is 5.10 Å². The van der Waals surface area contributed by atoms with Crippen molar-refractivity contribution < 1.29 is 23.9 Å². The molecule has 3 aromatic rings. The zero-order valence-electron chi connectivity index (χ0n) is 22.5. The number of para-hydroxylation sites is 1. The highest BCUT2D eigenvalue weighted by molar-refractivity contribution is 14.1. The molecule has 3 N–H and O–H groups in total. The number of rotatable bonds is 9. The van der Waals surface area contributed by atoms with Crippen LogP contribution in [-0.4, -0.2) is 37.1 Å². The van der Waals surface area contributed by atoms with Gasteiger partial charge in [0.05, 0.1) is 16.4 Å². The van der Waals surface area contributed by atoms with Crippen molar-refractivity contribution in [2.75, 3.05) is 23.8 Å². The number of hydrazone groups is 1. The molecule has 0 aliphatic carbocycles. The summed E-state index contributed by atoms with van der Waals surface area (Å²) in [6.07, 6.45) is 1.39. The van der Waals surface area contributed by atoms with Gasteiger partial charge in [-0.1, -0.05) is 24.3 Å². The maximum Gasteiger partial charge on any atom is 0.329 e. The summed E-state index contributed by atoms with van der Waals surface area (Å²) in [5.74, 6) is -1.18. The second-order valence-electron chi connectivity index (χ2n) is 8.90. The van der Waals surface area contributed by atoms with Crippen molar-refractivity contribution in [3.63, 3.8) is 0 Å². The van der Waals surface area contributed by atoms with Gasteiger partial charge in [0.25, 0.3) is 5.91 Å². The number of hydrogen-bond donors (Lipinski definition) is 3. The van der Waals surface area contributed by atoms with Crippen molar-refractivity contribution in [3.8, 4) is 11.5 Å². The van der Waals surface area contributed by atoms with Gasteiger partial charge in [-0.25, -0.2) is 5.43 Å². The molecule has 0 radical (unpaired) electrons. The first kappa shape index (κ1) is 29.6. The van der Waals surface area contributed by atoms with Crippen LogP contribution >= 0.6 is 22.6 Å². The molecule has 0 unspecified atom stereocenters. The summed E-state index contributed by atoms with van der Waals surface area (Å²) >= 11 is 2.07. The van der Waals surface area contributed by atoms with E-state index in [1.54, 1.807) is 12.1 Å². The highest BCUT2D eigenvalue weighted by atomic mass is 127. The van der Waals surface area contributed by atoms with E-state index >= 15 is 0 Å². The molecule has 3 aromatic carbocycles. The average Bonchev–Trinajstić information content (AvgIpc) is 2.85. The van der Waals surface area contributed by atoms with Crippen LogP contribution in [0.3, 0.4) is 0 Å². The summed E-state index contributed by atoms with van der Waals surface area (Å²) in [6, 6.07) is 14.8. The monoisotopic (exact) mass is 642 g/mol. The molecular weight excluding hydrogens is 611 g/mol. The minimum atomic E-state index is -0.900. The number of anilines is 2. The van der Waals surface area contributed by atoms with Gasteiger partial charge in [-0.05, 0) is 109 Å². The Labute approximate surface area is 241 Å². The van der Waals surface area contributed by atoms with Crippen LogP contribution in [0.15, 0.2) is 53.6 Å². The number of amides is 3. The van der Waals surface area contributed by atoms with Crippen LogP contribution in [0.4, 0.5) is 11.4 Å². The summed E-state index contributed by atoms with van der Waals surface area (Å²) in [4.78, 5) is 37.0. The average molecular weight is 642 g/mol. The topological polar surface area (TPSA) is 118 Å². The lowest BCUT2D eigenvalue weighted by atomic mass is 10.1. The van der Waals surface area contributed by atoms with Crippen LogP contribution in [-0.2, 0) is 14.4 Å². The van der Waals surface area contributed by atoms with E-state index in [4.69, 9.17) is 9.47 Å². The van der Waals surface area contributed by atoms with E-state index in [1.807, 2.05) is 71.0 Å². The minimum Gasteiger partial charge on any atom is -0.490 e. The quantitative estimate of drug-likeness (QED) is 0.131. The predicted octanol–water partition coefficient (Wildman–Crippen LogP) is 5.03.